The first-order valence-corrected chi connectivity index (χ1v) is 5.66. The summed E-state index contributed by atoms with van der Waals surface area (Å²) in [4.78, 5) is 11.8. The highest BCUT2D eigenvalue weighted by molar-refractivity contribution is 6.04. The highest BCUT2D eigenvalue weighted by Gasteiger charge is 2.31. The molecule has 0 spiro atoms. The van der Waals surface area contributed by atoms with Crippen molar-refractivity contribution in [2.45, 2.75) is 25.7 Å². The van der Waals surface area contributed by atoms with Gasteiger partial charge in [-0.05, 0) is 26.0 Å². The monoisotopic (exact) mass is 232 g/mol. The molecule has 0 aliphatic carbocycles. The average Bonchev–Trinajstić information content (AvgIpc) is 2.67. The van der Waals surface area contributed by atoms with E-state index < -0.39 is 5.79 Å². The largest absolute Gasteiger partial charge is 0.347 e. The Labute approximate surface area is 101 Å². The summed E-state index contributed by atoms with van der Waals surface area (Å²) in [6.45, 7) is 4.21. The van der Waals surface area contributed by atoms with Gasteiger partial charge in [0.1, 0.15) is 6.10 Å². The molecule has 0 bridgehead atoms. The number of rotatable bonds is 3. The van der Waals surface area contributed by atoms with Gasteiger partial charge in [-0.15, -0.1) is 0 Å². The zero-order chi connectivity index (χ0) is 12.3. The third kappa shape index (κ3) is 3.25. The zero-order valence-electron chi connectivity index (χ0n) is 10.1. The first-order valence-electron chi connectivity index (χ1n) is 5.66. The predicted molar refractivity (Wildman–Crippen MR) is 64.8 cm³/mol. The normalized spacial score (nSPS) is 23.1. The lowest BCUT2D eigenvalue weighted by atomic mass is 10.1. The van der Waals surface area contributed by atoms with Crippen LogP contribution >= 0.6 is 0 Å². The van der Waals surface area contributed by atoms with Crippen LogP contribution in [0.5, 0.6) is 0 Å². The number of hydrogen-bond donors (Lipinski definition) is 0. The number of hydrogen-bond acceptors (Lipinski definition) is 3. The number of carbonyl (C=O) groups is 1. The Morgan fingerprint density at radius 2 is 2.06 bits per heavy atom. The molecule has 90 valence electrons. The number of benzene rings is 1. The highest BCUT2D eigenvalue weighted by Crippen LogP contribution is 2.22. The Bertz CT molecular complexity index is 420. The molecule has 0 amide bonds. The summed E-state index contributed by atoms with van der Waals surface area (Å²) in [5, 5.41) is 0. The van der Waals surface area contributed by atoms with Crippen molar-refractivity contribution in [1.82, 2.24) is 0 Å². The number of allylic oxidation sites excluding steroid dienone is 1. The second-order valence-corrected chi connectivity index (χ2v) is 4.46. The smallest absolute Gasteiger partial charge is 0.185 e. The molecule has 3 nitrogen and oxygen atoms in total. The van der Waals surface area contributed by atoms with Crippen LogP contribution in [-0.4, -0.2) is 24.3 Å². The van der Waals surface area contributed by atoms with Crippen LogP contribution in [-0.2, 0) is 9.47 Å². The highest BCUT2D eigenvalue weighted by atomic mass is 16.7. The molecule has 17 heavy (non-hydrogen) atoms. The third-order valence-electron chi connectivity index (χ3n) is 2.55. The minimum Gasteiger partial charge on any atom is -0.347 e. The maximum absolute atomic E-state index is 11.8. The molecule has 1 heterocycles. The summed E-state index contributed by atoms with van der Waals surface area (Å²) >= 11 is 0. The van der Waals surface area contributed by atoms with E-state index in [1.807, 2.05) is 32.0 Å². The Hall–Kier alpha value is -1.45. The van der Waals surface area contributed by atoms with Crippen molar-refractivity contribution in [2.75, 3.05) is 6.61 Å². The Balaban J connectivity index is 1.96. The molecule has 0 aromatic heterocycles. The summed E-state index contributed by atoms with van der Waals surface area (Å²) < 4.78 is 11.0. The van der Waals surface area contributed by atoms with Crippen molar-refractivity contribution < 1.29 is 14.3 Å². The zero-order valence-corrected chi connectivity index (χ0v) is 10.1. The minimum absolute atomic E-state index is 0.0149. The molecular weight excluding hydrogens is 216 g/mol. The topological polar surface area (TPSA) is 35.5 Å². The average molecular weight is 232 g/mol. The SMILES string of the molecule is CC1(C)OC[C@@H](/C=C\C(=O)c2ccccc2)O1. The molecule has 1 saturated heterocycles. The first kappa shape index (κ1) is 12.0. The quantitative estimate of drug-likeness (QED) is 0.593. The fourth-order valence-corrected chi connectivity index (χ4v) is 1.70. The van der Waals surface area contributed by atoms with Gasteiger partial charge in [-0.2, -0.15) is 0 Å². The lowest BCUT2D eigenvalue weighted by Gasteiger charge is -2.15. The molecule has 0 radical (unpaired) electrons. The van der Waals surface area contributed by atoms with Gasteiger partial charge in [-0.1, -0.05) is 30.3 Å². The van der Waals surface area contributed by atoms with Crippen LogP contribution in [0.15, 0.2) is 42.5 Å². The molecule has 1 atom stereocenters. The Morgan fingerprint density at radius 3 is 2.65 bits per heavy atom. The van der Waals surface area contributed by atoms with Crippen LogP contribution in [0, 0.1) is 0 Å². The number of ketones is 1. The molecule has 3 heteroatoms. The number of carbonyl (C=O) groups excluding carboxylic acids is 1. The van der Waals surface area contributed by atoms with Gasteiger partial charge in [0.25, 0.3) is 0 Å². The van der Waals surface area contributed by atoms with Crippen molar-refractivity contribution in [3.8, 4) is 0 Å². The Morgan fingerprint density at radius 1 is 1.35 bits per heavy atom. The lowest BCUT2D eigenvalue weighted by Crippen LogP contribution is -2.20. The van der Waals surface area contributed by atoms with Crippen molar-refractivity contribution >= 4 is 5.78 Å². The van der Waals surface area contributed by atoms with Gasteiger partial charge in [0, 0.05) is 5.56 Å². The van der Waals surface area contributed by atoms with Gasteiger partial charge in [0.05, 0.1) is 6.61 Å². The fraction of sp³-hybridized carbons (Fsp3) is 0.357. The van der Waals surface area contributed by atoms with E-state index in [-0.39, 0.29) is 11.9 Å². The van der Waals surface area contributed by atoms with E-state index in [9.17, 15) is 4.79 Å². The molecule has 1 aromatic rings. The third-order valence-corrected chi connectivity index (χ3v) is 2.55. The molecule has 0 N–H and O–H groups in total. The van der Waals surface area contributed by atoms with E-state index in [2.05, 4.69) is 0 Å². The predicted octanol–water partition coefficient (Wildman–Crippen LogP) is 2.58. The lowest BCUT2D eigenvalue weighted by molar-refractivity contribution is -0.133. The van der Waals surface area contributed by atoms with E-state index in [4.69, 9.17) is 9.47 Å². The van der Waals surface area contributed by atoms with Crippen molar-refractivity contribution in [3.63, 3.8) is 0 Å². The van der Waals surface area contributed by atoms with Crippen LogP contribution in [0.3, 0.4) is 0 Å². The first-order chi connectivity index (χ1) is 8.07. The van der Waals surface area contributed by atoms with E-state index in [0.29, 0.717) is 12.2 Å². The molecular formula is C14H16O3. The fourth-order valence-electron chi connectivity index (χ4n) is 1.70. The minimum atomic E-state index is -0.551. The van der Waals surface area contributed by atoms with E-state index >= 15 is 0 Å². The molecule has 1 aliphatic heterocycles. The summed E-state index contributed by atoms with van der Waals surface area (Å²) in [6, 6.07) is 9.17. The standard InChI is InChI=1S/C14H16O3/c1-14(2)16-10-12(17-14)8-9-13(15)11-6-4-3-5-7-11/h3-9,12H,10H2,1-2H3/b9-8-/t12-/m1/s1. The van der Waals surface area contributed by atoms with Crippen molar-refractivity contribution in [3.05, 3.63) is 48.0 Å². The maximum Gasteiger partial charge on any atom is 0.185 e. The molecule has 1 aromatic carbocycles. The van der Waals surface area contributed by atoms with Crippen LogP contribution in [0.2, 0.25) is 0 Å². The van der Waals surface area contributed by atoms with Gasteiger partial charge in [0.2, 0.25) is 0 Å². The summed E-state index contributed by atoms with van der Waals surface area (Å²) in [5.41, 5.74) is 0.682. The van der Waals surface area contributed by atoms with E-state index in [1.165, 1.54) is 0 Å². The van der Waals surface area contributed by atoms with Gasteiger partial charge in [-0.25, -0.2) is 0 Å². The molecule has 0 saturated carbocycles. The van der Waals surface area contributed by atoms with Crippen LogP contribution in [0.1, 0.15) is 24.2 Å². The second-order valence-electron chi connectivity index (χ2n) is 4.46. The summed E-state index contributed by atoms with van der Waals surface area (Å²) in [6.07, 6.45) is 3.16. The maximum atomic E-state index is 11.8. The van der Waals surface area contributed by atoms with E-state index in [0.717, 1.165) is 0 Å². The van der Waals surface area contributed by atoms with Gasteiger partial charge >= 0.3 is 0 Å². The van der Waals surface area contributed by atoms with Gasteiger partial charge < -0.3 is 9.47 Å². The number of ether oxygens (including phenoxy) is 2. The van der Waals surface area contributed by atoms with Crippen LogP contribution in [0.4, 0.5) is 0 Å². The summed E-state index contributed by atoms with van der Waals surface area (Å²) in [7, 11) is 0. The molecule has 2 rings (SSSR count). The van der Waals surface area contributed by atoms with Crippen LogP contribution < -0.4 is 0 Å². The van der Waals surface area contributed by atoms with Crippen molar-refractivity contribution in [2.24, 2.45) is 0 Å². The van der Waals surface area contributed by atoms with Crippen LogP contribution in [0.25, 0.3) is 0 Å². The molecule has 0 unspecified atom stereocenters. The molecule has 1 fully saturated rings. The van der Waals surface area contributed by atoms with E-state index in [1.54, 1.807) is 24.3 Å². The summed E-state index contributed by atoms with van der Waals surface area (Å²) in [5.74, 6) is -0.566. The molecule has 1 aliphatic rings. The van der Waals surface area contributed by atoms with Crippen molar-refractivity contribution in [1.29, 1.82) is 0 Å². The Kier molecular flexibility index (Phi) is 3.41. The van der Waals surface area contributed by atoms with Gasteiger partial charge in [-0.3, -0.25) is 4.79 Å². The van der Waals surface area contributed by atoms with Gasteiger partial charge in [0.15, 0.2) is 11.6 Å². The second kappa shape index (κ2) is 4.82.